The van der Waals surface area contributed by atoms with Crippen molar-refractivity contribution in [1.82, 2.24) is 0 Å². The number of pyridine rings is 1. The Kier molecular flexibility index (Phi) is 4.09. The van der Waals surface area contributed by atoms with Crippen molar-refractivity contribution in [2.24, 2.45) is 0 Å². The van der Waals surface area contributed by atoms with Crippen molar-refractivity contribution in [3.8, 4) is 5.88 Å². The van der Waals surface area contributed by atoms with Gasteiger partial charge in [0.1, 0.15) is 0 Å². The van der Waals surface area contributed by atoms with Crippen LogP contribution in [-0.2, 0) is 0 Å². The predicted molar refractivity (Wildman–Crippen MR) is 49.5 cm³/mol. The number of rotatable bonds is 5. The van der Waals surface area contributed by atoms with Gasteiger partial charge in [-0.25, -0.2) is 0 Å². The summed E-state index contributed by atoms with van der Waals surface area (Å²) in [5.74, 6) is 0.756. The summed E-state index contributed by atoms with van der Waals surface area (Å²) < 4.78 is 7.13. The van der Waals surface area contributed by atoms with Gasteiger partial charge in [-0.3, -0.25) is 4.84 Å². The lowest BCUT2D eigenvalue weighted by Gasteiger charge is -2.01. The molecule has 0 aliphatic carbocycles. The molecule has 1 heterocycles. The SMILES string of the molecule is CCCOc1cccc[n+]1OCC. The minimum absolute atomic E-state index is 0.636. The summed E-state index contributed by atoms with van der Waals surface area (Å²) in [5, 5.41) is 0. The van der Waals surface area contributed by atoms with Crippen LogP contribution in [0.1, 0.15) is 20.3 Å². The van der Waals surface area contributed by atoms with E-state index in [1.54, 1.807) is 4.73 Å². The van der Waals surface area contributed by atoms with Gasteiger partial charge >= 0.3 is 5.88 Å². The Morgan fingerprint density at radius 3 is 2.85 bits per heavy atom. The van der Waals surface area contributed by atoms with Crippen molar-refractivity contribution in [2.45, 2.75) is 20.3 Å². The van der Waals surface area contributed by atoms with Crippen LogP contribution in [0.4, 0.5) is 0 Å². The zero-order valence-electron chi connectivity index (χ0n) is 8.19. The van der Waals surface area contributed by atoms with Gasteiger partial charge < -0.3 is 4.74 Å². The molecular weight excluding hydrogens is 166 g/mol. The zero-order chi connectivity index (χ0) is 9.52. The van der Waals surface area contributed by atoms with Crippen LogP contribution in [0, 0.1) is 0 Å². The van der Waals surface area contributed by atoms with Gasteiger partial charge in [-0.2, -0.15) is 0 Å². The van der Waals surface area contributed by atoms with Crippen LogP contribution in [0.3, 0.4) is 0 Å². The van der Waals surface area contributed by atoms with Crippen molar-refractivity contribution in [3.05, 3.63) is 24.4 Å². The van der Waals surface area contributed by atoms with Gasteiger partial charge in [0, 0.05) is 10.8 Å². The molecule has 13 heavy (non-hydrogen) atoms. The van der Waals surface area contributed by atoms with E-state index < -0.39 is 0 Å². The molecule has 3 heteroatoms. The average molecular weight is 182 g/mol. The first kappa shape index (κ1) is 9.84. The number of hydrogen-bond donors (Lipinski definition) is 0. The van der Waals surface area contributed by atoms with Gasteiger partial charge in [-0.05, 0) is 19.4 Å². The van der Waals surface area contributed by atoms with Crippen molar-refractivity contribution in [1.29, 1.82) is 0 Å². The van der Waals surface area contributed by atoms with E-state index in [0.29, 0.717) is 6.61 Å². The lowest BCUT2D eigenvalue weighted by Crippen LogP contribution is -2.43. The highest BCUT2D eigenvalue weighted by atomic mass is 16.7. The monoisotopic (exact) mass is 182 g/mol. The van der Waals surface area contributed by atoms with Crippen molar-refractivity contribution < 1.29 is 14.3 Å². The molecule has 0 amide bonds. The fourth-order valence-corrected chi connectivity index (χ4v) is 0.977. The van der Waals surface area contributed by atoms with Gasteiger partial charge in [-0.1, -0.05) is 6.92 Å². The molecule has 1 aromatic rings. The van der Waals surface area contributed by atoms with Crippen LogP contribution < -0.4 is 14.3 Å². The fourth-order valence-electron chi connectivity index (χ4n) is 0.977. The second-order valence-electron chi connectivity index (χ2n) is 2.63. The Morgan fingerprint density at radius 2 is 2.15 bits per heavy atom. The van der Waals surface area contributed by atoms with Crippen LogP contribution in [0.25, 0.3) is 0 Å². The van der Waals surface area contributed by atoms with Crippen LogP contribution >= 0.6 is 0 Å². The number of nitrogens with zero attached hydrogens (tertiary/aromatic N) is 1. The van der Waals surface area contributed by atoms with Crippen molar-refractivity contribution >= 4 is 0 Å². The van der Waals surface area contributed by atoms with Gasteiger partial charge in [0.2, 0.25) is 6.20 Å². The highest BCUT2D eigenvalue weighted by molar-refractivity contribution is 5.01. The Labute approximate surface area is 78.9 Å². The van der Waals surface area contributed by atoms with Crippen LogP contribution in [0.15, 0.2) is 24.4 Å². The topological polar surface area (TPSA) is 22.3 Å². The maximum atomic E-state index is 5.48. The molecule has 0 aliphatic rings. The predicted octanol–water partition coefficient (Wildman–Crippen LogP) is 1.21. The molecule has 1 rings (SSSR count). The molecule has 0 bridgehead atoms. The average Bonchev–Trinajstić information content (AvgIpc) is 2.17. The first-order chi connectivity index (χ1) is 6.38. The first-order valence-corrected chi connectivity index (χ1v) is 4.65. The Hall–Kier alpha value is -1.25. The van der Waals surface area contributed by atoms with Crippen molar-refractivity contribution in [2.75, 3.05) is 13.2 Å². The maximum Gasteiger partial charge on any atom is 0.416 e. The molecule has 0 saturated carbocycles. The molecular formula is C10H16NO2+. The normalized spacial score (nSPS) is 9.69. The number of hydrogen-bond acceptors (Lipinski definition) is 2. The Balaban J connectivity index is 2.66. The smallest absolute Gasteiger partial charge is 0.416 e. The van der Waals surface area contributed by atoms with Gasteiger partial charge in [0.15, 0.2) is 6.61 Å². The summed E-state index contributed by atoms with van der Waals surface area (Å²) >= 11 is 0. The van der Waals surface area contributed by atoms with E-state index in [-0.39, 0.29) is 0 Å². The number of aromatic nitrogens is 1. The van der Waals surface area contributed by atoms with Gasteiger partial charge in [0.25, 0.3) is 0 Å². The standard InChI is InChI=1S/C10H16NO2/c1-3-9-12-10-7-5-6-8-11(10)13-4-2/h5-8H,3-4,9H2,1-2H3/q+1. The molecule has 0 N–H and O–H groups in total. The summed E-state index contributed by atoms with van der Waals surface area (Å²) in [6.45, 7) is 5.38. The van der Waals surface area contributed by atoms with Gasteiger partial charge in [0.05, 0.1) is 12.7 Å². The second-order valence-corrected chi connectivity index (χ2v) is 2.63. The van der Waals surface area contributed by atoms with Crippen LogP contribution in [-0.4, -0.2) is 13.2 Å². The van der Waals surface area contributed by atoms with E-state index in [9.17, 15) is 0 Å². The third-order valence-electron chi connectivity index (χ3n) is 1.51. The molecule has 0 atom stereocenters. The Bertz CT molecular complexity index is 250. The summed E-state index contributed by atoms with van der Waals surface area (Å²) in [6, 6.07) is 5.74. The zero-order valence-corrected chi connectivity index (χ0v) is 8.19. The fraction of sp³-hybridized carbons (Fsp3) is 0.500. The molecule has 0 aliphatic heterocycles. The quantitative estimate of drug-likeness (QED) is 0.639. The minimum Gasteiger partial charge on any atom is -0.441 e. The molecule has 1 aromatic heterocycles. The Morgan fingerprint density at radius 1 is 1.31 bits per heavy atom. The van der Waals surface area contributed by atoms with Gasteiger partial charge in [-0.15, -0.1) is 0 Å². The van der Waals surface area contributed by atoms with E-state index in [4.69, 9.17) is 9.57 Å². The summed E-state index contributed by atoms with van der Waals surface area (Å²) in [4.78, 5) is 5.33. The lowest BCUT2D eigenvalue weighted by atomic mass is 10.5. The third-order valence-corrected chi connectivity index (χ3v) is 1.51. The molecule has 0 fully saturated rings. The number of ether oxygens (including phenoxy) is 1. The second kappa shape index (κ2) is 5.41. The third kappa shape index (κ3) is 2.93. The highest BCUT2D eigenvalue weighted by Crippen LogP contribution is 2.00. The molecule has 0 aromatic carbocycles. The van der Waals surface area contributed by atoms with E-state index >= 15 is 0 Å². The molecule has 3 nitrogen and oxygen atoms in total. The van der Waals surface area contributed by atoms with E-state index in [2.05, 4.69) is 6.92 Å². The molecule has 0 radical (unpaired) electrons. The van der Waals surface area contributed by atoms with Crippen LogP contribution in [0.2, 0.25) is 0 Å². The molecule has 72 valence electrons. The summed E-state index contributed by atoms with van der Waals surface area (Å²) in [7, 11) is 0. The van der Waals surface area contributed by atoms with E-state index in [1.165, 1.54) is 0 Å². The molecule has 0 unspecified atom stereocenters. The van der Waals surface area contributed by atoms with Crippen LogP contribution in [0.5, 0.6) is 5.88 Å². The summed E-state index contributed by atoms with van der Waals surface area (Å²) in [5.41, 5.74) is 0. The molecule has 0 saturated heterocycles. The van der Waals surface area contributed by atoms with Crippen molar-refractivity contribution in [3.63, 3.8) is 0 Å². The minimum atomic E-state index is 0.636. The maximum absolute atomic E-state index is 5.48. The van der Waals surface area contributed by atoms with E-state index in [1.807, 2.05) is 31.3 Å². The molecule has 0 spiro atoms. The largest absolute Gasteiger partial charge is 0.441 e. The van der Waals surface area contributed by atoms with E-state index in [0.717, 1.165) is 18.9 Å². The first-order valence-electron chi connectivity index (χ1n) is 4.65. The summed E-state index contributed by atoms with van der Waals surface area (Å²) in [6.07, 6.45) is 2.84. The lowest BCUT2D eigenvalue weighted by molar-refractivity contribution is -0.892. The highest BCUT2D eigenvalue weighted by Gasteiger charge is 2.10.